The van der Waals surface area contributed by atoms with Crippen molar-refractivity contribution in [1.82, 2.24) is 51.1 Å². The van der Waals surface area contributed by atoms with Crippen molar-refractivity contribution in [1.29, 1.82) is 0 Å². The number of hydrogen-bond donors (Lipinski definition) is 0. The third kappa shape index (κ3) is 11.4. The van der Waals surface area contributed by atoms with Crippen molar-refractivity contribution in [3.05, 3.63) is 480 Å². The van der Waals surface area contributed by atoms with Crippen LogP contribution in [0.3, 0.4) is 0 Å². The number of nitrogens with zero attached hydrogens (tertiary/aromatic N) is 11. The van der Waals surface area contributed by atoms with E-state index < -0.39 is 0 Å². The maximum absolute atomic E-state index is 4.83. The Labute approximate surface area is 773 Å². The Kier molecular flexibility index (Phi) is 16.9. The van der Waals surface area contributed by atoms with Gasteiger partial charge in [-0.15, -0.1) is 0 Å². The molecule has 19 aromatic carbocycles. The molecule has 0 aliphatic carbocycles. The van der Waals surface area contributed by atoms with E-state index in [-0.39, 0.29) is 0 Å². The van der Waals surface area contributed by atoms with Crippen LogP contribution in [-0.2, 0) is 0 Å². The zero-order valence-electron chi connectivity index (χ0n) is 73.0. The van der Waals surface area contributed by atoms with E-state index in [4.69, 9.17) is 4.98 Å². The van der Waals surface area contributed by atoms with Gasteiger partial charge in [-0.3, -0.25) is 9.55 Å². The van der Waals surface area contributed by atoms with Crippen LogP contribution < -0.4 is 0 Å². The molecule has 30 aromatic rings. The van der Waals surface area contributed by atoms with Gasteiger partial charge in [0.2, 0.25) is 0 Å². The summed E-state index contributed by atoms with van der Waals surface area (Å²) in [4.78, 5) is 9.37. The Morgan fingerprint density at radius 3 is 0.726 bits per heavy atom. The first-order chi connectivity index (χ1) is 67.1. The molecule has 0 atom stereocenters. The van der Waals surface area contributed by atoms with E-state index in [1.165, 1.54) is 180 Å². The number of hydrogen-bond acceptors (Lipinski definition) is 2. The molecule has 0 saturated heterocycles. The van der Waals surface area contributed by atoms with E-state index in [0.29, 0.717) is 0 Å². The second-order valence-electron chi connectivity index (χ2n) is 35.1. The first kappa shape index (κ1) is 75.6. The standard InChI is InChI=1S/C42H27N3.2C41H26N4/c1-3-13-28(14-4-1)43-36-20-10-8-18-32(36)35-27-30(23-25-39(35)43)44-38-22-12-9-19-34(38)41-40(44)26-24-33-31-17-7-11-21-37(31)45(42(33)41)29-15-5-2-6-16-29;1-3-12-27(13-4-1)44-35-19-9-7-16-30(35)31-22-24-38-39(40(31)44)33-17-8-10-20-36(33)43(38)29-21-23-37-34(26-29)32-18-11-25-42-41(32)45(37)28-14-5-2-6-15-28;1-3-11-27(12-4-1)43-37-21-19-29(25-33(37)34-26-42-24-23-38(34)43)44-36-18-10-8-16-32(36)40-39(44)22-20-31-30-15-7-9-17-35(30)45(41(31)40)28-13-5-2-6-14-28/h1-27H;2*1-26H. The number of fused-ring (bicyclic) bond motifs is 30. The van der Waals surface area contributed by atoms with E-state index in [2.05, 4.69) is 501 Å². The molecular formula is C124H79N11. The molecule has 0 radical (unpaired) electrons. The summed E-state index contributed by atoms with van der Waals surface area (Å²) in [6.45, 7) is 0. The van der Waals surface area contributed by atoms with Gasteiger partial charge in [0.15, 0.2) is 0 Å². The molecule has 630 valence electrons. The summed E-state index contributed by atoms with van der Waals surface area (Å²) in [5, 5.41) is 22.3. The summed E-state index contributed by atoms with van der Waals surface area (Å²) in [6.07, 6.45) is 5.76. The zero-order chi connectivity index (χ0) is 88.5. The summed E-state index contributed by atoms with van der Waals surface area (Å²) in [6, 6.07) is 166. The second kappa shape index (κ2) is 30.1. The van der Waals surface area contributed by atoms with Gasteiger partial charge in [-0.25, -0.2) is 4.98 Å². The van der Waals surface area contributed by atoms with Crippen molar-refractivity contribution >= 4 is 196 Å². The smallest absolute Gasteiger partial charge is 0.145 e. The Morgan fingerprint density at radius 2 is 0.370 bits per heavy atom. The van der Waals surface area contributed by atoms with Crippen LogP contribution in [0.1, 0.15) is 0 Å². The molecule has 0 fully saturated rings. The van der Waals surface area contributed by atoms with E-state index in [9.17, 15) is 0 Å². The quantitative estimate of drug-likeness (QED) is 0.144. The molecule has 0 saturated carbocycles. The minimum absolute atomic E-state index is 0.965. The van der Waals surface area contributed by atoms with Crippen LogP contribution in [0.15, 0.2) is 480 Å². The van der Waals surface area contributed by atoms with Crippen LogP contribution in [0.25, 0.3) is 248 Å². The van der Waals surface area contributed by atoms with Crippen molar-refractivity contribution in [3.8, 4) is 51.2 Å². The van der Waals surface area contributed by atoms with E-state index >= 15 is 0 Å². The number of benzene rings is 19. The monoisotopic (exact) mass is 1720 g/mol. The maximum Gasteiger partial charge on any atom is 0.145 e. The van der Waals surface area contributed by atoms with Crippen molar-refractivity contribution in [2.24, 2.45) is 0 Å². The van der Waals surface area contributed by atoms with Gasteiger partial charge in [0, 0.05) is 167 Å². The average molecular weight is 1720 g/mol. The highest BCUT2D eigenvalue weighted by Crippen LogP contribution is 2.49. The first-order valence-electron chi connectivity index (χ1n) is 46.1. The second-order valence-corrected chi connectivity index (χ2v) is 35.1. The van der Waals surface area contributed by atoms with Crippen LogP contribution in [0.5, 0.6) is 0 Å². The van der Waals surface area contributed by atoms with Crippen LogP contribution in [-0.4, -0.2) is 51.1 Å². The molecule has 0 bridgehead atoms. The molecule has 11 heteroatoms. The molecule has 11 aromatic heterocycles. The molecule has 0 N–H and O–H groups in total. The summed E-state index contributed by atoms with van der Waals surface area (Å²) in [5.74, 6) is 0. The molecule has 11 heterocycles. The Bertz CT molecular complexity index is 9150. The molecule has 0 aliphatic heterocycles. The number of aromatic nitrogens is 11. The zero-order valence-corrected chi connectivity index (χ0v) is 73.0. The van der Waals surface area contributed by atoms with Crippen LogP contribution in [0, 0.1) is 0 Å². The first-order valence-corrected chi connectivity index (χ1v) is 46.1. The third-order valence-corrected chi connectivity index (χ3v) is 28.0. The predicted molar refractivity (Wildman–Crippen MR) is 564 cm³/mol. The number of rotatable bonds is 9. The molecule has 30 rings (SSSR count). The van der Waals surface area contributed by atoms with Gasteiger partial charge in [0.1, 0.15) is 5.65 Å². The predicted octanol–water partition coefficient (Wildman–Crippen LogP) is 31.7. The van der Waals surface area contributed by atoms with Crippen molar-refractivity contribution < 1.29 is 0 Å². The third-order valence-electron chi connectivity index (χ3n) is 28.0. The minimum atomic E-state index is 0.965. The summed E-state index contributed by atoms with van der Waals surface area (Å²) in [5.41, 5.74) is 31.7. The van der Waals surface area contributed by atoms with Gasteiger partial charge in [-0.05, 0) is 206 Å². The lowest BCUT2D eigenvalue weighted by atomic mass is 10.1. The number of pyridine rings is 2. The SMILES string of the molecule is c1ccc(-n2c3ccc(-n4c5ccccc5c5c4ccc4c6ccccc6n(-c6ccccc6)c45)cc3c3cccnc32)cc1.c1ccc(-n2c3ccccc3c3cc(-n4c5ccccc5c5c4ccc4c6ccccc6n(-c6ccccc6)c45)ccc32)cc1.c1ccc(-n2c3ccncc3c3cc(-n4c5ccccc5c5c4ccc4c6ccccc6n(-c6ccccc6)c45)ccc32)cc1. The van der Waals surface area contributed by atoms with Gasteiger partial charge in [-0.1, -0.05) is 255 Å². The lowest BCUT2D eigenvalue weighted by Gasteiger charge is -2.11. The van der Waals surface area contributed by atoms with Crippen molar-refractivity contribution in [2.75, 3.05) is 0 Å². The summed E-state index contributed by atoms with van der Waals surface area (Å²) >= 11 is 0. The molecule has 0 amide bonds. The molecule has 0 spiro atoms. The lowest BCUT2D eigenvalue weighted by Crippen LogP contribution is -1.96. The number of para-hydroxylation sites is 13. The average Bonchev–Trinajstić information content (AvgIpc) is 1.55. The summed E-state index contributed by atoms with van der Waals surface area (Å²) < 4.78 is 21.6. The van der Waals surface area contributed by atoms with Gasteiger partial charge < -0.3 is 36.5 Å². The topological polar surface area (TPSA) is 70.2 Å². The van der Waals surface area contributed by atoms with Gasteiger partial charge in [0.25, 0.3) is 0 Å². The highest BCUT2D eigenvalue weighted by molar-refractivity contribution is 6.30. The van der Waals surface area contributed by atoms with Crippen LogP contribution in [0.4, 0.5) is 0 Å². The van der Waals surface area contributed by atoms with Crippen molar-refractivity contribution in [2.45, 2.75) is 0 Å². The Hall–Kier alpha value is -18.3. The largest absolute Gasteiger partial charge is 0.309 e. The fraction of sp³-hybridized carbons (Fsp3) is 0. The normalized spacial score (nSPS) is 12.0. The van der Waals surface area contributed by atoms with Gasteiger partial charge in [-0.2, -0.15) is 0 Å². The lowest BCUT2D eigenvalue weighted by molar-refractivity contribution is 1.13. The Morgan fingerprint density at radius 1 is 0.133 bits per heavy atom. The molecule has 135 heavy (non-hydrogen) atoms. The summed E-state index contributed by atoms with van der Waals surface area (Å²) in [7, 11) is 0. The van der Waals surface area contributed by atoms with Crippen LogP contribution in [0.2, 0.25) is 0 Å². The highest BCUT2D eigenvalue weighted by atomic mass is 15.1. The maximum atomic E-state index is 4.83. The van der Waals surface area contributed by atoms with Crippen molar-refractivity contribution in [3.63, 3.8) is 0 Å². The van der Waals surface area contributed by atoms with Crippen LogP contribution >= 0.6 is 0 Å². The molecule has 11 nitrogen and oxygen atoms in total. The fourth-order valence-corrected chi connectivity index (χ4v) is 22.5. The highest BCUT2D eigenvalue weighted by Gasteiger charge is 2.28. The molecular weight excluding hydrogens is 1640 g/mol. The van der Waals surface area contributed by atoms with E-state index in [1.54, 1.807) is 0 Å². The van der Waals surface area contributed by atoms with Gasteiger partial charge >= 0.3 is 0 Å². The van der Waals surface area contributed by atoms with Gasteiger partial charge in [0.05, 0.1) is 93.8 Å². The molecule has 0 aliphatic rings. The fourth-order valence-electron chi connectivity index (χ4n) is 22.5. The Balaban J connectivity index is 0.000000101. The van der Waals surface area contributed by atoms with E-state index in [0.717, 1.165) is 67.3 Å². The molecule has 0 unspecified atom stereocenters. The minimum Gasteiger partial charge on any atom is -0.309 e. The van der Waals surface area contributed by atoms with E-state index in [1.807, 2.05) is 24.7 Å².